The Hall–Kier alpha value is -2.09. The second kappa shape index (κ2) is 12.2. The number of sulfone groups is 1. The Morgan fingerprint density at radius 2 is 1.44 bits per heavy atom. The van der Waals surface area contributed by atoms with Crippen LogP contribution in [0.2, 0.25) is 0 Å². The van der Waals surface area contributed by atoms with Crippen LogP contribution in [0.1, 0.15) is 44.9 Å². The molecule has 0 amide bonds. The first-order valence-corrected chi connectivity index (χ1v) is 13.0. The van der Waals surface area contributed by atoms with Crippen LogP contribution in [0.4, 0.5) is 0 Å². The van der Waals surface area contributed by atoms with E-state index < -0.39 is 15.9 Å². The highest BCUT2D eigenvalue weighted by Crippen LogP contribution is 2.24. The minimum atomic E-state index is -3.24. The standard InChI is InChI=1S/C25H37NO5S/c1-18(2)16-30-22-12-20(13-23(14-22)31-17-19(3)4)10-11-26-15-25(27)21-6-8-24(9-7-21)32(5,28)29/h6-9,12-14,18-19,25-27H,10-11,15-17H2,1-5H3. The van der Waals surface area contributed by atoms with Crippen molar-refractivity contribution in [1.29, 1.82) is 0 Å². The topological polar surface area (TPSA) is 84.9 Å². The van der Waals surface area contributed by atoms with Crippen molar-refractivity contribution >= 4 is 9.84 Å². The van der Waals surface area contributed by atoms with Crippen LogP contribution in [0.5, 0.6) is 11.5 Å². The zero-order chi connectivity index (χ0) is 23.7. The Labute approximate surface area is 192 Å². The monoisotopic (exact) mass is 463 g/mol. The third-order valence-electron chi connectivity index (χ3n) is 4.73. The first-order valence-electron chi connectivity index (χ1n) is 11.1. The highest BCUT2D eigenvalue weighted by molar-refractivity contribution is 7.90. The van der Waals surface area contributed by atoms with E-state index >= 15 is 0 Å². The SMILES string of the molecule is CC(C)COc1cc(CCNCC(O)c2ccc(S(C)(=O)=O)cc2)cc(OCC(C)C)c1. The zero-order valence-corrected chi connectivity index (χ0v) is 20.6. The van der Waals surface area contributed by atoms with E-state index in [9.17, 15) is 13.5 Å². The summed E-state index contributed by atoms with van der Waals surface area (Å²) >= 11 is 0. The van der Waals surface area contributed by atoms with E-state index in [2.05, 4.69) is 33.0 Å². The van der Waals surface area contributed by atoms with E-state index in [1.165, 1.54) is 18.4 Å². The van der Waals surface area contributed by atoms with Gasteiger partial charge in [-0.2, -0.15) is 0 Å². The number of ether oxygens (including phenoxy) is 2. The van der Waals surface area contributed by atoms with E-state index in [0.29, 0.717) is 43.7 Å². The van der Waals surface area contributed by atoms with Gasteiger partial charge in [0.1, 0.15) is 11.5 Å². The fourth-order valence-electron chi connectivity index (χ4n) is 2.99. The Morgan fingerprint density at radius 1 is 0.906 bits per heavy atom. The maximum Gasteiger partial charge on any atom is 0.175 e. The average Bonchev–Trinajstić information content (AvgIpc) is 2.73. The van der Waals surface area contributed by atoms with Crippen LogP contribution in [0.25, 0.3) is 0 Å². The van der Waals surface area contributed by atoms with Gasteiger partial charge in [-0.05, 0) is 60.2 Å². The molecule has 0 fully saturated rings. The fraction of sp³-hybridized carbons (Fsp3) is 0.520. The molecule has 0 aromatic heterocycles. The lowest BCUT2D eigenvalue weighted by Crippen LogP contribution is -2.23. The highest BCUT2D eigenvalue weighted by Gasteiger charge is 2.11. The second-order valence-electron chi connectivity index (χ2n) is 9.03. The number of aliphatic hydroxyl groups is 1. The molecular weight excluding hydrogens is 426 g/mol. The Kier molecular flexibility index (Phi) is 10.0. The molecule has 7 heteroatoms. The molecule has 0 aliphatic carbocycles. The first-order chi connectivity index (χ1) is 15.0. The van der Waals surface area contributed by atoms with Gasteiger partial charge in [0.2, 0.25) is 0 Å². The lowest BCUT2D eigenvalue weighted by molar-refractivity contribution is 0.175. The molecule has 0 bridgehead atoms. The van der Waals surface area contributed by atoms with Gasteiger partial charge >= 0.3 is 0 Å². The summed E-state index contributed by atoms with van der Waals surface area (Å²) in [7, 11) is -3.24. The van der Waals surface area contributed by atoms with Crippen LogP contribution in [-0.2, 0) is 16.3 Å². The quantitative estimate of drug-likeness (QED) is 0.437. The zero-order valence-electron chi connectivity index (χ0n) is 19.8. The molecule has 0 radical (unpaired) electrons. The van der Waals surface area contributed by atoms with Gasteiger partial charge in [-0.1, -0.05) is 39.8 Å². The molecule has 0 aliphatic heterocycles. The Balaban J connectivity index is 1.92. The van der Waals surface area contributed by atoms with Crippen LogP contribution >= 0.6 is 0 Å². The number of rotatable bonds is 13. The highest BCUT2D eigenvalue weighted by atomic mass is 32.2. The summed E-state index contributed by atoms with van der Waals surface area (Å²) in [6, 6.07) is 12.3. The van der Waals surface area contributed by atoms with Gasteiger partial charge < -0.3 is 19.9 Å². The largest absolute Gasteiger partial charge is 0.493 e. The van der Waals surface area contributed by atoms with Crippen LogP contribution in [0.15, 0.2) is 47.4 Å². The summed E-state index contributed by atoms with van der Waals surface area (Å²) in [6.07, 6.45) is 1.22. The molecule has 2 aromatic carbocycles. The Bertz CT molecular complexity index is 909. The van der Waals surface area contributed by atoms with E-state index in [0.717, 1.165) is 23.5 Å². The summed E-state index contributed by atoms with van der Waals surface area (Å²) < 4.78 is 34.9. The van der Waals surface area contributed by atoms with Crippen molar-refractivity contribution < 1.29 is 23.0 Å². The molecule has 2 N–H and O–H groups in total. The lowest BCUT2D eigenvalue weighted by atomic mass is 10.1. The number of aliphatic hydroxyl groups excluding tert-OH is 1. The van der Waals surface area contributed by atoms with Gasteiger partial charge in [-0.3, -0.25) is 0 Å². The van der Waals surface area contributed by atoms with Crippen LogP contribution in [0.3, 0.4) is 0 Å². The van der Waals surface area contributed by atoms with Crippen molar-refractivity contribution in [2.45, 2.75) is 45.1 Å². The van der Waals surface area contributed by atoms with Gasteiger partial charge in [0.15, 0.2) is 9.84 Å². The maximum absolute atomic E-state index is 11.6. The fourth-order valence-corrected chi connectivity index (χ4v) is 3.62. The first kappa shape index (κ1) is 26.2. The smallest absolute Gasteiger partial charge is 0.175 e. The normalized spacial score (nSPS) is 12.9. The molecule has 1 unspecified atom stereocenters. The molecule has 0 saturated heterocycles. The molecule has 2 rings (SSSR count). The number of hydrogen-bond acceptors (Lipinski definition) is 6. The molecule has 0 spiro atoms. The molecule has 2 aromatic rings. The molecule has 0 saturated carbocycles. The molecular formula is C25H37NO5S. The summed E-state index contributed by atoms with van der Waals surface area (Å²) in [6.45, 7) is 10.8. The van der Waals surface area contributed by atoms with Gasteiger partial charge in [0.25, 0.3) is 0 Å². The number of hydrogen-bond donors (Lipinski definition) is 2. The summed E-state index contributed by atoms with van der Waals surface area (Å²) in [5.74, 6) is 2.49. The predicted octanol–water partition coefficient (Wildman–Crippen LogP) is 4.03. The van der Waals surface area contributed by atoms with Gasteiger partial charge in [0.05, 0.1) is 24.2 Å². The summed E-state index contributed by atoms with van der Waals surface area (Å²) in [5, 5.41) is 13.7. The Morgan fingerprint density at radius 3 is 1.91 bits per heavy atom. The van der Waals surface area contributed by atoms with Gasteiger partial charge in [-0.15, -0.1) is 0 Å². The van der Waals surface area contributed by atoms with E-state index in [-0.39, 0.29) is 4.90 Å². The molecule has 178 valence electrons. The summed E-state index contributed by atoms with van der Waals surface area (Å²) in [4.78, 5) is 0.247. The van der Waals surface area contributed by atoms with E-state index in [4.69, 9.17) is 9.47 Å². The van der Waals surface area contributed by atoms with Gasteiger partial charge in [-0.25, -0.2) is 8.42 Å². The van der Waals surface area contributed by atoms with Crippen molar-refractivity contribution in [3.63, 3.8) is 0 Å². The molecule has 1 atom stereocenters. The van der Waals surface area contributed by atoms with E-state index in [1.807, 2.05) is 18.2 Å². The van der Waals surface area contributed by atoms with Crippen LogP contribution in [-0.4, -0.2) is 46.1 Å². The predicted molar refractivity (Wildman–Crippen MR) is 128 cm³/mol. The third-order valence-corrected chi connectivity index (χ3v) is 5.86. The maximum atomic E-state index is 11.6. The average molecular weight is 464 g/mol. The summed E-state index contributed by atoms with van der Waals surface area (Å²) in [5.41, 5.74) is 1.78. The van der Waals surface area contributed by atoms with Gasteiger partial charge in [0, 0.05) is 18.9 Å². The molecule has 32 heavy (non-hydrogen) atoms. The lowest BCUT2D eigenvalue weighted by Gasteiger charge is -2.15. The number of benzene rings is 2. The third kappa shape index (κ3) is 9.18. The van der Waals surface area contributed by atoms with Crippen LogP contribution in [0, 0.1) is 11.8 Å². The van der Waals surface area contributed by atoms with E-state index in [1.54, 1.807) is 12.1 Å². The van der Waals surface area contributed by atoms with Crippen LogP contribution < -0.4 is 14.8 Å². The van der Waals surface area contributed by atoms with Crippen molar-refractivity contribution in [3.8, 4) is 11.5 Å². The van der Waals surface area contributed by atoms with Crippen molar-refractivity contribution in [2.75, 3.05) is 32.6 Å². The molecule has 6 nitrogen and oxygen atoms in total. The minimum Gasteiger partial charge on any atom is -0.493 e. The van der Waals surface area contributed by atoms with Crippen molar-refractivity contribution in [2.24, 2.45) is 11.8 Å². The number of nitrogens with one attached hydrogen (secondary N) is 1. The molecule has 0 heterocycles. The minimum absolute atomic E-state index is 0.247. The second-order valence-corrected chi connectivity index (χ2v) is 11.0. The van der Waals surface area contributed by atoms with Crippen molar-refractivity contribution in [3.05, 3.63) is 53.6 Å². The van der Waals surface area contributed by atoms with Crippen molar-refractivity contribution in [1.82, 2.24) is 5.32 Å². The molecule has 0 aliphatic rings.